The van der Waals surface area contributed by atoms with Crippen molar-refractivity contribution in [2.75, 3.05) is 25.0 Å². The smallest absolute Gasteiger partial charge is 0.288 e. The van der Waals surface area contributed by atoms with Gasteiger partial charge in [0, 0.05) is 56.4 Å². The fourth-order valence-electron chi connectivity index (χ4n) is 3.21. The van der Waals surface area contributed by atoms with Crippen molar-refractivity contribution >= 4 is 11.7 Å². The van der Waals surface area contributed by atoms with Crippen molar-refractivity contribution in [3.8, 4) is 0 Å². The average molecular weight is 354 g/mol. The van der Waals surface area contributed by atoms with Crippen molar-refractivity contribution in [1.82, 2.24) is 25.6 Å². The zero-order valence-electron chi connectivity index (χ0n) is 15.8. The zero-order chi connectivity index (χ0) is 18.7. The van der Waals surface area contributed by atoms with Gasteiger partial charge in [-0.2, -0.15) is 0 Å². The van der Waals surface area contributed by atoms with Gasteiger partial charge < -0.3 is 15.5 Å². The Kier molecular flexibility index (Phi) is 5.46. The summed E-state index contributed by atoms with van der Waals surface area (Å²) in [6, 6.07) is 2.45. The quantitative estimate of drug-likeness (QED) is 0.847. The second-order valence-corrected chi connectivity index (χ2v) is 6.78. The van der Waals surface area contributed by atoms with Crippen LogP contribution in [0.3, 0.4) is 0 Å². The molecule has 0 saturated carbocycles. The van der Waals surface area contributed by atoms with E-state index in [0.717, 1.165) is 43.1 Å². The lowest BCUT2D eigenvalue weighted by molar-refractivity contribution is 0.0952. The van der Waals surface area contributed by atoms with Gasteiger partial charge in [-0.25, -0.2) is 9.97 Å². The number of pyridine rings is 1. The lowest BCUT2D eigenvalue weighted by atomic mass is 10.1. The molecule has 0 radical (unpaired) electrons. The van der Waals surface area contributed by atoms with E-state index in [2.05, 4.69) is 43.5 Å². The molecule has 1 amide bonds. The van der Waals surface area contributed by atoms with E-state index in [4.69, 9.17) is 0 Å². The van der Waals surface area contributed by atoms with Gasteiger partial charge in [-0.1, -0.05) is 0 Å². The van der Waals surface area contributed by atoms with Crippen LogP contribution in [0, 0.1) is 20.8 Å². The van der Waals surface area contributed by atoms with E-state index in [-0.39, 0.29) is 11.7 Å². The summed E-state index contributed by atoms with van der Waals surface area (Å²) in [4.78, 5) is 27.1. The number of nitrogens with zero attached hydrogens (tertiary/aromatic N) is 4. The van der Waals surface area contributed by atoms with Crippen LogP contribution in [-0.2, 0) is 6.54 Å². The first kappa shape index (κ1) is 18.3. The van der Waals surface area contributed by atoms with Crippen LogP contribution in [0.15, 0.2) is 18.5 Å². The first-order chi connectivity index (χ1) is 12.5. The Bertz CT molecular complexity index is 807. The first-order valence-electron chi connectivity index (χ1n) is 8.94. The summed E-state index contributed by atoms with van der Waals surface area (Å²) in [5, 5.41) is 6.23. The molecule has 7 nitrogen and oxygen atoms in total. The highest BCUT2D eigenvalue weighted by Gasteiger charge is 2.26. The van der Waals surface area contributed by atoms with Crippen LogP contribution in [0.2, 0.25) is 0 Å². The summed E-state index contributed by atoms with van der Waals surface area (Å²) in [6.45, 7) is 8.63. The number of anilines is 1. The summed E-state index contributed by atoms with van der Waals surface area (Å²) in [5.74, 6) is 0.839. The van der Waals surface area contributed by atoms with Crippen LogP contribution in [-0.4, -0.2) is 47.0 Å². The predicted octanol–water partition coefficient (Wildman–Crippen LogP) is 1.52. The second kappa shape index (κ2) is 7.78. The molecule has 1 aliphatic heterocycles. The molecule has 0 spiro atoms. The van der Waals surface area contributed by atoms with Crippen molar-refractivity contribution in [2.24, 2.45) is 0 Å². The standard InChI is InChI=1S/C19H26N6O/c1-12-9-21-7-5-15(12)10-22-16-6-8-25(11-16)18-13(2)14(3)23-17(24-18)19(26)20-4/h5,7,9,16,22H,6,8,10-11H2,1-4H3,(H,20,26)/t16-/m1/s1. The molecule has 0 aromatic carbocycles. The van der Waals surface area contributed by atoms with E-state index in [1.54, 1.807) is 7.05 Å². The molecule has 2 N–H and O–H groups in total. The van der Waals surface area contributed by atoms with Crippen molar-refractivity contribution in [3.63, 3.8) is 0 Å². The Hall–Kier alpha value is -2.54. The molecule has 7 heteroatoms. The third kappa shape index (κ3) is 3.83. The largest absolute Gasteiger partial charge is 0.355 e. The number of carbonyl (C=O) groups excluding carboxylic acids is 1. The Balaban J connectivity index is 1.69. The fraction of sp³-hybridized carbons (Fsp3) is 0.474. The van der Waals surface area contributed by atoms with E-state index < -0.39 is 0 Å². The monoisotopic (exact) mass is 354 g/mol. The second-order valence-electron chi connectivity index (χ2n) is 6.78. The van der Waals surface area contributed by atoms with Gasteiger partial charge in [0.1, 0.15) is 5.82 Å². The lowest BCUT2D eigenvalue weighted by Crippen LogP contribution is -2.33. The van der Waals surface area contributed by atoms with E-state index in [9.17, 15) is 4.79 Å². The fourth-order valence-corrected chi connectivity index (χ4v) is 3.21. The van der Waals surface area contributed by atoms with Gasteiger partial charge in [-0.15, -0.1) is 0 Å². The molecule has 0 aliphatic carbocycles. The molecule has 1 aliphatic rings. The Morgan fingerprint density at radius 1 is 1.31 bits per heavy atom. The first-order valence-corrected chi connectivity index (χ1v) is 8.94. The molecule has 0 bridgehead atoms. The van der Waals surface area contributed by atoms with Crippen LogP contribution >= 0.6 is 0 Å². The predicted molar refractivity (Wildman–Crippen MR) is 101 cm³/mol. The summed E-state index contributed by atoms with van der Waals surface area (Å²) in [5.41, 5.74) is 4.35. The lowest BCUT2D eigenvalue weighted by Gasteiger charge is -2.21. The molecular weight excluding hydrogens is 328 g/mol. The minimum absolute atomic E-state index is 0.231. The zero-order valence-corrected chi connectivity index (χ0v) is 15.8. The number of nitrogens with one attached hydrogen (secondary N) is 2. The summed E-state index contributed by atoms with van der Waals surface area (Å²) in [6.07, 6.45) is 4.77. The number of rotatable bonds is 5. The SMILES string of the molecule is CNC(=O)c1nc(C)c(C)c(N2CC[C@@H](NCc3ccncc3C)C2)n1. The number of aromatic nitrogens is 3. The molecule has 138 valence electrons. The summed E-state index contributed by atoms with van der Waals surface area (Å²) >= 11 is 0. The molecule has 1 saturated heterocycles. The van der Waals surface area contributed by atoms with Gasteiger partial charge in [0.05, 0.1) is 0 Å². The number of hydrogen-bond donors (Lipinski definition) is 2. The third-order valence-electron chi connectivity index (χ3n) is 5.00. The molecule has 3 rings (SSSR count). The van der Waals surface area contributed by atoms with Crippen molar-refractivity contribution in [3.05, 3.63) is 46.7 Å². The van der Waals surface area contributed by atoms with Crippen LogP contribution < -0.4 is 15.5 Å². The highest BCUT2D eigenvalue weighted by Crippen LogP contribution is 2.24. The Labute approximate surface area is 154 Å². The molecule has 0 unspecified atom stereocenters. The van der Waals surface area contributed by atoms with Crippen molar-refractivity contribution < 1.29 is 4.79 Å². The van der Waals surface area contributed by atoms with Crippen LogP contribution in [0.5, 0.6) is 0 Å². The van der Waals surface area contributed by atoms with Gasteiger partial charge >= 0.3 is 0 Å². The van der Waals surface area contributed by atoms with Crippen LogP contribution in [0.4, 0.5) is 5.82 Å². The van der Waals surface area contributed by atoms with Crippen molar-refractivity contribution in [1.29, 1.82) is 0 Å². The van der Waals surface area contributed by atoms with Gasteiger partial charge in [0.15, 0.2) is 0 Å². The van der Waals surface area contributed by atoms with E-state index in [1.807, 2.05) is 26.2 Å². The maximum absolute atomic E-state index is 11.9. The molecular formula is C19H26N6O. The van der Waals surface area contributed by atoms with E-state index in [0.29, 0.717) is 6.04 Å². The highest BCUT2D eigenvalue weighted by atomic mass is 16.2. The maximum Gasteiger partial charge on any atom is 0.288 e. The van der Waals surface area contributed by atoms with Gasteiger partial charge in [0.25, 0.3) is 5.91 Å². The Morgan fingerprint density at radius 2 is 2.12 bits per heavy atom. The minimum atomic E-state index is -0.253. The van der Waals surface area contributed by atoms with E-state index in [1.165, 1.54) is 11.1 Å². The highest BCUT2D eigenvalue weighted by molar-refractivity contribution is 5.90. The van der Waals surface area contributed by atoms with Crippen LogP contribution in [0.25, 0.3) is 0 Å². The molecule has 26 heavy (non-hydrogen) atoms. The average Bonchev–Trinajstić information content (AvgIpc) is 3.11. The number of hydrogen-bond acceptors (Lipinski definition) is 6. The number of aryl methyl sites for hydroxylation is 2. The molecule has 2 aromatic heterocycles. The normalized spacial score (nSPS) is 16.8. The summed E-state index contributed by atoms with van der Waals surface area (Å²) in [7, 11) is 1.59. The number of amides is 1. The maximum atomic E-state index is 11.9. The van der Waals surface area contributed by atoms with Gasteiger partial charge in [-0.05, 0) is 44.4 Å². The van der Waals surface area contributed by atoms with Gasteiger partial charge in [-0.3, -0.25) is 9.78 Å². The van der Waals surface area contributed by atoms with E-state index >= 15 is 0 Å². The minimum Gasteiger partial charge on any atom is -0.355 e. The molecule has 3 heterocycles. The molecule has 1 fully saturated rings. The van der Waals surface area contributed by atoms with Gasteiger partial charge in [0.2, 0.25) is 5.82 Å². The molecule has 1 atom stereocenters. The number of carbonyl (C=O) groups is 1. The Morgan fingerprint density at radius 3 is 2.85 bits per heavy atom. The summed E-state index contributed by atoms with van der Waals surface area (Å²) < 4.78 is 0. The third-order valence-corrected chi connectivity index (χ3v) is 5.00. The van der Waals surface area contributed by atoms with Crippen LogP contribution in [0.1, 0.15) is 39.4 Å². The topological polar surface area (TPSA) is 83.0 Å². The van der Waals surface area contributed by atoms with Crippen molar-refractivity contribution in [2.45, 2.75) is 39.8 Å². The molecule has 2 aromatic rings.